The summed E-state index contributed by atoms with van der Waals surface area (Å²) in [6.45, 7) is 5.13. The van der Waals surface area contributed by atoms with E-state index in [1.807, 2.05) is 54.6 Å². The maximum atomic E-state index is 13.3. The lowest BCUT2D eigenvalue weighted by molar-refractivity contribution is -0.122. The first kappa shape index (κ1) is 24.0. The molecule has 5 rings (SSSR count). The van der Waals surface area contributed by atoms with E-state index in [9.17, 15) is 14.0 Å². The van der Waals surface area contributed by atoms with Crippen molar-refractivity contribution in [1.29, 1.82) is 0 Å². The van der Waals surface area contributed by atoms with E-state index < -0.39 is 6.04 Å². The Morgan fingerprint density at radius 1 is 0.861 bits per heavy atom. The van der Waals surface area contributed by atoms with Crippen LogP contribution in [0, 0.1) is 5.82 Å². The molecule has 1 unspecified atom stereocenters. The fourth-order valence-electron chi connectivity index (χ4n) is 5.08. The van der Waals surface area contributed by atoms with Gasteiger partial charge in [0.1, 0.15) is 11.9 Å². The zero-order valence-corrected chi connectivity index (χ0v) is 20.3. The maximum Gasteiger partial charge on any atom is 0.259 e. The molecule has 6 nitrogen and oxygen atoms in total. The van der Waals surface area contributed by atoms with E-state index in [0.29, 0.717) is 18.5 Å². The van der Waals surface area contributed by atoms with Crippen LogP contribution >= 0.6 is 0 Å². The standard InChI is InChI=1S/C29H31FN4O2/c30-24-11-13-25(14-12-24)33-19-17-32(18-20-33)16-6-15-31-28(35)27-21-23-9-4-5-10-26(23)34(27)29(36)22-7-2-1-3-8-22/h1-5,7-14,27H,6,15-21H2,(H,31,35). The molecule has 2 heterocycles. The number of fused-ring (bicyclic) bond motifs is 1. The van der Waals surface area contributed by atoms with Gasteiger partial charge in [-0.25, -0.2) is 4.39 Å². The summed E-state index contributed by atoms with van der Waals surface area (Å²) >= 11 is 0. The minimum Gasteiger partial charge on any atom is -0.369 e. The van der Waals surface area contributed by atoms with Crippen LogP contribution in [0.25, 0.3) is 0 Å². The number of nitrogens with one attached hydrogen (secondary N) is 1. The molecule has 1 saturated heterocycles. The first-order valence-corrected chi connectivity index (χ1v) is 12.6. The van der Waals surface area contributed by atoms with Crippen LogP contribution in [-0.2, 0) is 11.2 Å². The van der Waals surface area contributed by atoms with Crippen molar-refractivity contribution in [2.24, 2.45) is 0 Å². The Labute approximate surface area is 211 Å². The number of amides is 2. The SMILES string of the molecule is O=C(NCCCN1CCN(c2ccc(F)cc2)CC1)C1Cc2ccccc2N1C(=O)c1ccccc1. The lowest BCUT2D eigenvalue weighted by Crippen LogP contribution is -2.49. The van der Waals surface area contributed by atoms with Crippen molar-refractivity contribution in [3.63, 3.8) is 0 Å². The van der Waals surface area contributed by atoms with Crippen molar-refractivity contribution in [2.45, 2.75) is 18.9 Å². The van der Waals surface area contributed by atoms with Gasteiger partial charge in [0.2, 0.25) is 5.91 Å². The smallest absolute Gasteiger partial charge is 0.259 e. The minimum atomic E-state index is -0.547. The van der Waals surface area contributed by atoms with E-state index in [0.717, 1.165) is 56.1 Å². The highest BCUT2D eigenvalue weighted by Gasteiger charge is 2.38. The Bertz CT molecular complexity index is 1190. The Kier molecular flexibility index (Phi) is 7.28. The minimum absolute atomic E-state index is 0.114. The number of hydrogen-bond donors (Lipinski definition) is 1. The van der Waals surface area contributed by atoms with Crippen LogP contribution in [0.5, 0.6) is 0 Å². The highest BCUT2D eigenvalue weighted by atomic mass is 19.1. The van der Waals surface area contributed by atoms with Gasteiger partial charge in [-0.1, -0.05) is 36.4 Å². The Hall–Kier alpha value is -3.71. The van der Waals surface area contributed by atoms with Crippen molar-refractivity contribution in [2.75, 3.05) is 49.1 Å². The number of rotatable bonds is 7. The summed E-state index contributed by atoms with van der Waals surface area (Å²) in [5.41, 5.74) is 3.45. The molecule has 0 aromatic heterocycles. The van der Waals surface area contributed by atoms with Crippen molar-refractivity contribution in [3.05, 3.63) is 95.8 Å². The molecule has 186 valence electrons. The van der Waals surface area contributed by atoms with Crippen molar-refractivity contribution >= 4 is 23.2 Å². The first-order chi connectivity index (χ1) is 17.6. The Balaban J connectivity index is 1.12. The maximum absolute atomic E-state index is 13.3. The van der Waals surface area contributed by atoms with Crippen molar-refractivity contribution in [1.82, 2.24) is 10.2 Å². The summed E-state index contributed by atoms with van der Waals surface area (Å²) in [4.78, 5) is 32.8. The molecule has 0 spiro atoms. The second-order valence-electron chi connectivity index (χ2n) is 9.34. The highest BCUT2D eigenvalue weighted by molar-refractivity contribution is 6.11. The third kappa shape index (κ3) is 5.26. The van der Waals surface area contributed by atoms with Gasteiger partial charge < -0.3 is 10.2 Å². The van der Waals surface area contributed by atoms with E-state index in [4.69, 9.17) is 0 Å². The molecule has 0 aliphatic carbocycles. The van der Waals surface area contributed by atoms with Crippen LogP contribution in [0.2, 0.25) is 0 Å². The molecule has 0 bridgehead atoms. The highest BCUT2D eigenvalue weighted by Crippen LogP contribution is 2.33. The van der Waals surface area contributed by atoms with Gasteiger partial charge in [0.25, 0.3) is 5.91 Å². The fraction of sp³-hybridized carbons (Fsp3) is 0.310. The molecule has 2 aliphatic rings. The largest absolute Gasteiger partial charge is 0.369 e. The Morgan fingerprint density at radius 3 is 2.31 bits per heavy atom. The van der Waals surface area contributed by atoms with Gasteiger partial charge >= 0.3 is 0 Å². The molecular formula is C29H31FN4O2. The quantitative estimate of drug-likeness (QED) is 0.517. The number of halogens is 1. The zero-order chi connectivity index (χ0) is 24.9. The van der Waals surface area contributed by atoms with Gasteiger partial charge in [0.15, 0.2) is 0 Å². The van der Waals surface area contributed by atoms with Crippen LogP contribution in [0.1, 0.15) is 22.3 Å². The third-order valence-corrected chi connectivity index (χ3v) is 7.03. The van der Waals surface area contributed by atoms with E-state index >= 15 is 0 Å². The van der Waals surface area contributed by atoms with Crippen LogP contribution in [0.4, 0.5) is 15.8 Å². The van der Waals surface area contributed by atoms with Gasteiger partial charge in [0, 0.05) is 56.1 Å². The second kappa shape index (κ2) is 10.9. The molecule has 3 aromatic carbocycles. The zero-order valence-electron chi connectivity index (χ0n) is 20.3. The van der Waals surface area contributed by atoms with Crippen molar-refractivity contribution < 1.29 is 14.0 Å². The molecule has 2 amide bonds. The van der Waals surface area contributed by atoms with Gasteiger partial charge in [-0.15, -0.1) is 0 Å². The normalized spacial score (nSPS) is 17.6. The van der Waals surface area contributed by atoms with E-state index in [1.54, 1.807) is 17.0 Å². The van der Waals surface area contributed by atoms with Gasteiger partial charge in [-0.3, -0.25) is 19.4 Å². The average molecular weight is 487 g/mol. The van der Waals surface area contributed by atoms with Crippen LogP contribution < -0.4 is 15.1 Å². The molecule has 1 N–H and O–H groups in total. The molecule has 3 aromatic rings. The van der Waals surface area contributed by atoms with E-state index in [-0.39, 0.29) is 17.6 Å². The van der Waals surface area contributed by atoms with Crippen LogP contribution in [0.3, 0.4) is 0 Å². The van der Waals surface area contributed by atoms with E-state index in [1.165, 1.54) is 12.1 Å². The van der Waals surface area contributed by atoms with Gasteiger partial charge in [-0.2, -0.15) is 0 Å². The summed E-state index contributed by atoms with van der Waals surface area (Å²) < 4.78 is 13.2. The molecule has 0 radical (unpaired) electrons. The topological polar surface area (TPSA) is 55.9 Å². The molecule has 1 atom stereocenters. The molecule has 0 saturated carbocycles. The van der Waals surface area contributed by atoms with Crippen LogP contribution in [0.15, 0.2) is 78.9 Å². The number of carbonyl (C=O) groups is 2. The summed E-state index contributed by atoms with van der Waals surface area (Å²) in [7, 11) is 0. The summed E-state index contributed by atoms with van der Waals surface area (Å²) in [6.07, 6.45) is 1.36. The van der Waals surface area contributed by atoms with Gasteiger partial charge in [0.05, 0.1) is 0 Å². The summed E-state index contributed by atoms with van der Waals surface area (Å²) in [6, 6.07) is 23.0. The molecule has 7 heteroatoms. The third-order valence-electron chi connectivity index (χ3n) is 7.03. The van der Waals surface area contributed by atoms with Crippen molar-refractivity contribution in [3.8, 4) is 0 Å². The number of nitrogens with zero attached hydrogens (tertiary/aromatic N) is 3. The monoisotopic (exact) mass is 486 g/mol. The lowest BCUT2D eigenvalue weighted by atomic mass is 10.1. The Morgan fingerprint density at radius 2 is 1.56 bits per heavy atom. The summed E-state index contributed by atoms with van der Waals surface area (Å²) in [5.74, 6) is -0.482. The molecule has 1 fully saturated rings. The molecular weight excluding hydrogens is 455 g/mol. The number of anilines is 2. The number of para-hydroxylation sites is 1. The van der Waals surface area contributed by atoms with Gasteiger partial charge in [-0.05, 0) is 61.0 Å². The number of hydrogen-bond acceptors (Lipinski definition) is 4. The predicted molar refractivity (Wildman–Crippen MR) is 140 cm³/mol. The number of benzene rings is 3. The molecule has 36 heavy (non-hydrogen) atoms. The average Bonchev–Trinajstić information content (AvgIpc) is 3.32. The van der Waals surface area contributed by atoms with E-state index in [2.05, 4.69) is 15.1 Å². The number of carbonyl (C=O) groups excluding carboxylic acids is 2. The number of piperazine rings is 1. The first-order valence-electron chi connectivity index (χ1n) is 12.6. The summed E-state index contributed by atoms with van der Waals surface area (Å²) in [5, 5.41) is 3.07. The second-order valence-corrected chi connectivity index (χ2v) is 9.34. The lowest BCUT2D eigenvalue weighted by Gasteiger charge is -2.36. The van der Waals surface area contributed by atoms with Crippen LogP contribution in [-0.4, -0.2) is 62.0 Å². The molecule has 2 aliphatic heterocycles. The fourth-order valence-corrected chi connectivity index (χ4v) is 5.08. The predicted octanol–water partition coefficient (Wildman–Crippen LogP) is 3.73.